The van der Waals surface area contributed by atoms with Crippen molar-refractivity contribution in [1.29, 1.82) is 0 Å². The molecule has 1 unspecified atom stereocenters. The zero-order valence-corrected chi connectivity index (χ0v) is 10.9. The van der Waals surface area contributed by atoms with E-state index in [2.05, 4.69) is 41.0 Å². The van der Waals surface area contributed by atoms with Crippen LogP contribution in [0.5, 0.6) is 0 Å². The monoisotopic (exact) mass is 239 g/mol. The molecule has 1 atom stereocenters. The van der Waals surface area contributed by atoms with E-state index in [1.54, 1.807) is 11.3 Å². The first-order chi connectivity index (χ1) is 7.77. The Labute approximate surface area is 102 Å². The second kappa shape index (κ2) is 5.66. The number of piperazine rings is 1. The van der Waals surface area contributed by atoms with Gasteiger partial charge in [0.1, 0.15) is 0 Å². The minimum Gasteiger partial charge on any atom is -0.377 e. The van der Waals surface area contributed by atoms with Crippen LogP contribution in [-0.4, -0.2) is 44.2 Å². The third kappa shape index (κ3) is 2.97. The molecule has 0 aromatic carbocycles. The summed E-state index contributed by atoms with van der Waals surface area (Å²) in [5.74, 6) is 0. The number of thiophene rings is 1. The molecule has 90 valence electrons. The fraction of sp³-hybridized carbons (Fsp3) is 0.667. The average molecular weight is 239 g/mol. The minimum atomic E-state index is 0.682. The first kappa shape index (κ1) is 11.9. The van der Waals surface area contributed by atoms with E-state index < -0.39 is 0 Å². The van der Waals surface area contributed by atoms with Crippen molar-refractivity contribution in [2.75, 3.05) is 38.5 Å². The van der Waals surface area contributed by atoms with E-state index in [1.165, 1.54) is 23.5 Å². The molecule has 2 heterocycles. The molecule has 0 aliphatic carbocycles. The molecule has 0 radical (unpaired) electrons. The minimum absolute atomic E-state index is 0.682. The lowest BCUT2D eigenvalue weighted by atomic mass is 10.1. The molecule has 1 aromatic heterocycles. The maximum absolute atomic E-state index is 3.52. The molecule has 1 fully saturated rings. The number of hydrogen-bond acceptors (Lipinski definition) is 4. The van der Waals surface area contributed by atoms with Crippen molar-refractivity contribution in [1.82, 2.24) is 10.2 Å². The summed E-state index contributed by atoms with van der Waals surface area (Å²) in [6, 6.07) is 2.85. The van der Waals surface area contributed by atoms with Crippen LogP contribution in [0.25, 0.3) is 0 Å². The van der Waals surface area contributed by atoms with Crippen LogP contribution in [0.3, 0.4) is 0 Å². The molecule has 4 heteroatoms. The summed E-state index contributed by atoms with van der Waals surface area (Å²) in [7, 11) is 2.22. The molecule has 0 bridgehead atoms. The van der Waals surface area contributed by atoms with E-state index in [0.717, 1.165) is 19.6 Å². The molecule has 3 nitrogen and oxygen atoms in total. The molecule has 1 aliphatic rings. The normalized spacial score (nSPS) is 22.2. The van der Waals surface area contributed by atoms with Gasteiger partial charge >= 0.3 is 0 Å². The van der Waals surface area contributed by atoms with Gasteiger partial charge in [0, 0.05) is 32.2 Å². The molecule has 0 spiro atoms. The van der Waals surface area contributed by atoms with E-state index in [1.807, 2.05) is 0 Å². The molecule has 16 heavy (non-hydrogen) atoms. The predicted molar refractivity (Wildman–Crippen MR) is 71.5 cm³/mol. The van der Waals surface area contributed by atoms with Gasteiger partial charge in [0.15, 0.2) is 0 Å². The lowest BCUT2D eigenvalue weighted by Gasteiger charge is -2.33. The summed E-state index contributed by atoms with van der Waals surface area (Å²) < 4.78 is 0. The van der Waals surface area contributed by atoms with E-state index in [0.29, 0.717) is 6.04 Å². The molecule has 1 aliphatic heterocycles. The van der Waals surface area contributed by atoms with Crippen molar-refractivity contribution in [2.24, 2.45) is 0 Å². The smallest absolute Gasteiger partial charge is 0.0912 e. The molecular weight excluding hydrogens is 218 g/mol. The van der Waals surface area contributed by atoms with E-state index >= 15 is 0 Å². The first-order valence-electron chi connectivity index (χ1n) is 5.96. The van der Waals surface area contributed by atoms with Crippen LogP contribution < -0.4 is 10.6 Å². The molecule has 2 N–H and O–H groups in total. The zero-order valence-electron chi connectivity index (χ0n) is 10.1. The maximum Gasteiger partial charge on any atom is 0.0912 e. The zero-order chi connectivity index (χ0) is 11.4. The van der Waals surface area contributed by atoms with Crippen LogP contribution in [0, 0.1) is 6.92 Å². The van der Waals surface area contributed by atoms with Crippen molar-refractivity contribution in [3.63, 3.8) is 0 Å². The van der Waals surface area contributed by atoms with Crippen LogP contribution in [0.2, 0.25) is 0 Å². The van der Waals surface area contributed by atoms with E-state index in [9.17, 15) is 0 Å². The van der Waals surface area contributed by atoms with E-state index in [-0.39, 0.29) is 0 Å². The number of rotatable bonds is 4. The molecule has 0 amide bonds. The second-order valence-corrected chi connectivity index (χ2v) is 5.40. The third-order valence-corrected chi connectivity index (χ3v) is 4.24. The summed E-state index contributed by atoms with van der Waals surface area (Å²) in [5.41, 5.74) is 1.36. The molecular formula is C12H21N3S. The third-order valence-electron chi connectivity index (χ3n) is 3.27. The molecule has 1 saturated heterocycles. The van der Waals surface area contributed by atoms with E-state index in [4.69, 9.17) is 0 Å². The highest BCUT2D eigenvalue weighted by atomic mass is 32.1. The van der Waals surface area contributed by atoms with Gasteiger partial charge in [-0.2, -0.15) is 0 Å². The summed E-state index contributed by atoms with van der Waals surface area (Å²) in [4.78, 5) is 2.46. The predicted octanol–water partition coefficient (Wildman–Crippen LogP) is 1.76. The Balaban J connectivity index is 1.73. The average Bonchev–Trinajstić information content (AvgIpc) is 2.67. The molecule has 2 rings (SSSR count). The van der Waals surface area contributed by atoms with Gasteiger partial charge < -0.3 is 15.5 Å². The number of nitrogens with one attached hydrogen (secondary N) is 2. The van der Waals surface area contributed by atoms with Crippen molar-refractivity contribution >= 4 is 16.3 Å². The number of aryl methyl sites for hydroxylation is 1. The highest BCUT2D eigenvalue weighted by Crippen LogP contribution is 2.21. The fourth-order valence-corrected chi connectivity index (χ4v) is 2.94. The standard InChI is InChI=1S/C12H21N3S/c1-10-4-8-16-12(10)14-5-3-11-9-13-6-7-15(11)2/h4,8,11,13-14H,3,5-7,9H2,1-2H3. The van der Waals surface area contributed by atoms with Crippen molar-refractivity contribution in [3.8, 4) is 0 Å². The summed E-state index contributed by atoms with van der Waals surface area (Å²) in [6.45, 7) is 6.65. The van der Waals surface area contributed by atoms with Gasteiger partial charge in [0.05, 0.1) is 5.00 Å². The number of hydrogen-bond donors (Lipinski definition) is 2. The largest absolute Gasteiger partial charge is 0.377 e. The Hall–Kier alpha value is -0.580. The highest BCUT2D eigenvalue weighted by Gasteiger charge is 2.17. The van der Waals surface area contributed by atoms with Gasteiger partial charge in [-0.3, -0.25) is 0 Å². The van der Waals surface area contributed by atoms with Gasteiger partial charge in [0.2, 0.25) is 0 Å². The Bertz CT molecular complexity index is 324. The van der Waals surface area contributed by atoms with Crippen LogP contribution >= 0.6 is 11.3 Å². The maximum atomic E-state index is 3.52. The van der Waals surface area contributed by atoms with Crippen molar-refractivity contribution in [2.45, 2.75) is 19.4 Å². The van der Waals surface area contributed by atoms with Gasteiger partial charge in [0.25, 0.3) is 0 Å². The summed E-state index contributed by atoms with van der Waals surface area (Å²) in [5, 5.41) is 10.4. The van der Waals surface area contributed by atoms with Gasteiger partial charge in [-0.25, -0.2) is 0 Å². The van der Waals surface area contributed by atoms with Crippen LogP contribution in [0.15, 0.2) is 11.4 Å². The lowest BCUT2D eigenvalue weighted by Crippen LogP contribution is -2.49. The molecule has 1 aromatic rings. The van der Waals surface area contributed by atoms with Crippen LogP contribution in [0.4, 0.5) is 5.00 Å². The van der Waals surface area contributed by atoms with Crippen LogP contribution in [0.1, 0.15) is 12.0 Å². The summed E-state index contributed by atoms with van der Waals surface area (Å²) >= 11 is 1.80. The molecule has 0 saturated carbocycles. The lowest BCUT2D eigenvalue weighted by molar-refractivity contribution is 0.194. The fourth-order valence-electron chi connectivity index (χ4n) is 2.09. The quantitative estimate of drug-likeness (QED) is 0.838. The van der Waals surface area contributed by atoms with Crippen LogP contribution in [-0.2, 0) is 0 Å². The Morgan fingerprint density at radius 3 is 3.19 bits per heavy atom. The Morgan fingerprint density at radius 2 is 2.50 bits per heavy atom. The number of likely N-dealkylation sites (N-methyl/N-ethyl adjacent to an activating group) is 1. The summed E-state index contributed by atoms with van der Waals surface area (Å²) in [6.07, 6.45) is 1.21. The topological polar surface area (TPSA) is 27.3 Å². The van der Waals surface area contributed by atoms with Gasteiger partial charge in [-0.1, -0.05) is 0 Å². The second-order valence-electron chi connectivity index (χ2n) is 4.49. The number of nitrogens with zero attached hydrogens (tertiary/aromatic N) is 1. The van der Waals surface area contributed by atoms with Gasteiger partial charge in [-0.15, -0.1) is 11.3 Å². The Kier molecular flexibility index (Phi) is 4.21. The van der Waals surface area contributed by atoms with Crippen molar-refractivity contribution in [3.05, 3.63) is 17.0 Å². The van der Waals surface area contributed by atoms with Gasteiger partial charge in [-0.05, 0) is 37.4 Å². The highest BCUT2D eigenvalue weighted by molar-refractivity contribution is 7.14. The SMILES string of the molecule is Cc1ccsc1NCCC1CNCCN1C. The van der Waals surface area contributed by atoms with Crippen molar-refractivity contribution < 1.29 is 0 Å². The Morgan fingerprint density at radius 1 is 1.62 bits per heavy atom. The number of anilines is 1. The first-order valence-corrected chi connectivity index (χ1v) is 6.84.